The van der Waals surface area contributed by atoms with E-state index in [0.717, 1.165) is 0 Å². The first-order valence-electron chi connectivity index (χ1n) is 5.33. The number of hydrogen-bond acceptors (Lipinski definition) is 4. The van der Waals surface area contributed by atoms with Crippen LogP contribution >= 0.6 is 0 Å². The van der Waals surface area contributed by atoms with E-state index >= 15 is 0 Å². The summed E-state index contributed by atoms with van der Waals surface area (Å²) < 4.78 is 10.2. The Bertz CT molecular complexity index is 434. The quantitative estimate of drug-likeness (QED) is 0.863. The molecule has 1 saturated heterocycles. The number of ether oxygens (including phenoxy) is 2. The zero-order chi connectivity index (χ0) is 12.5. The van der Waals surface area contributed by atoms with Gasteiger partial charge in [0.05, 0.1) is 25.9 Å². The van der Waals surface area contributed by atoms with Gasteiger partial charge in [-0.1, -0.05) is 6.07 Å². The molecule has 17 heavy (non-hydrogen) atoms. The average molecular weight is 237 g/mol. The Morgan fingerprint density at radius 2 is 2.35 bits per heavy atom. The van der Waals surface area contributed by atoms with Crippen LogP contribution in [0.3, 0.4) is 0 Å². The van der Waals surface area contributed by atoms with E-state index in [1.807, 2.05) is 0 Å². The summed E-state index contributed by atoms with van der Waals surface area (Å²) in [5.41, 5.74) is -0.133. The minimum absolute atomic E-state index is 0.195. The molecule has 1 fully saturated rings. The van der Waals surface area contributed by atoms with Crippen molar-refractivity contribution in [3.05, 3.63) is 24.3 Å². The topological polar surface area (TPSA) is 59.0 Å². The Morgan fingerprint density at radius 3 is 2.94 bits per heavy atom. The molecular weight excluding hydrogens is 222 g/mol. The molecule has 0 aliphatic carbocycles. The highest BCUT2D eigenvalue weighted by molar-refractivity contribution is 5.90. The fourth-order valence-corrected chi connectivity index (χ4v) is 1.75. The number of carbonyl (C=O) groups excluding carboxylic acids is 1. The Hall–Kier alpha value is -1.75. The van der Waals surface area contributed by atoms with Gasteiger partial charge in [0, 0.05) is 6.07 Å². The van der Waals surface area contributed by atoms with Crippen molar-refractivity contribution in [3.8, 4) is 5.75 Å². The fourth-order valence-electron chi connectivity index (χ4n) is 1.75. The number of nitrogens with zero attached hydrogens (tertiary/aromatic N) is 1. The van der Waals surface area contributed by atoms with Crippen LogP contribution in [0.5, 0.6) is 5.75 Å². The van der Waals surface area contributed by atoms with E-state index in [-0.39, 0.29) is 6.61 Å². The second kappa shape index (κ2) is 4.25. The average Bonchev–Trinajstić information content (AvgIpc) is 2.66. The number of methoxy groups -OCH3 is 1. The van der Waals surface area contributed by atoms with Gasteiger partial charge in [-0.2, -0.15) is 0 Å². The summed E-state index contributed by atoms with van der Waals surface area (Å²) in [7, 11) is 1.57. The predicted molar refractivity (Wildman–Crippen MR) is 62.3 cm³/mol. The van der Waals surface area contributed by atoms with Crippen molar-refractivity contribution in [2.24, 2.45) is 0 Å². The Morgan fingerprint density at radius 1 is 1.59 bits per heavy atom. The summed E-state index contributed by atoms with van der Waals surface area (Å²) >= 11 is 0. The van der Waals surface area contributed by atoms with Crippen molar-refractivity contribution in [2.45, 2.75) is 12.5 Å². The van der Waals surface area contributed by atoms with Crippen LogP contribution in [0.4, 0.5) is 10.5 Å². The molecule has 1 N–H and O–H groups in total. The van der Waals surface area contributed by atoms with Crippen LogP contribution in [0.25, 0.3) is 0 Å². The number of anilines is 1. The van der Waals surface area contributed by atoms with Crippen LogP contribution in [-0.4, -0.2) is 37.1 Å². The van der Waals surface area contributed by atoms with Crippen molar-refractivity contribution in [3.63, 3.8) is 0 Å². The van der Waals surface area contributed by atoms with Gasteiger partial charge >= 0.3 is 6.09 Å². The smallest absolute Gasteiger partial charge is 0.415 e. The maximum Gasteiger partial charge on any atom is 0.415 e. The summed E-state index contributed by atoms with van der Waals surface area (Å²) in [6.07, 6.45) is -0.449. The molecule has 1 unspecified atom stereocenters. The van der Waals surface area contributed by atoms with E-state index in [4.69, 9.17) is 9.47 Å². The van der Waals surface area contributed by atoms with Gasteiger partial charge in [0.15, 0.2) is 5.60 Å². The second-order valence-corrected chi connectivity index (χ2v) is 4.26. The van der Waals surface area contributed by atoms with Gasteiger partial charge in [0.1, 0.15) is 5.75 Å². The van der Waals surface area contributed by atoms with Gasteiger partial charge < -0.3 is 14.6 Å². The lowest BCUT2D eigenvalue weighted by molar-refractivity contribution is 0.0219. The second-order valence-electron chi connectivity index (χ2n) is 4.26. The summed E-state index contributed by atoms with van der Waals surface area (Å²) in [5, 5.41) is 9.18. The molecule has 0 spiro atoms. The number of benzene rings is 1. The maximum absolute atomic E-state index is 11.7. The molecule has 92 valence electrons. The van der Waals surface area contributed by atoms with E-state index in [9.17, 15) is 9.90 Å². The number of rotatable bonds is 3. The highest BCUT2D eigenvalue weighted by Crippen LogP contribution is 2.29. The monoisotopic (exact) mass is 237 g/mol. The van der Waals surface area contributed by atoms with Gasteiger partial charge in [-0.15, -0.1) is 0 Å². The molecular formula is C12H15NO4. The van der Waals surface area contributed by atoms with E-state index in [1.54, 1.807) is 38.3 Å². The number of aliphatic hydroxyl groups is 1. The molecule has 0 aromatic heterocycles. The van der Waals surface area contributed by atoms with Gasteiger partial charge in [-0.25, -0.2) is 4.79 Å². The number of hydrogen-bond donors (Lipinski definition) is 1. The molecule has 2 rings (SSSR count). The SMILES string of the molecule is COc1cccc(N2CC(C)(CO)OC2=O)c1. The summed E-state index contributed by atoms with van der Waals surface area (Å²) in [6.45, 7) is 1.83. The molecule has 5 heteroatoms. The lowest BCUT2D eigenvalue weighted by Gasteiger charge is -2.18. The molecule has 1 aromatic carbocycles. The molecule has 1 aliphatic rings. The lowest BCUT2D eigenvalue weighted by atomic mass is 10.1. The first-order valence-corrected chi connectivity index (χ1v) is 5.33. The highest BCUT2D eigenvalue weighted by Gasteiger charge is 2.41. The molecule has 5 nitrogen and oxygen atoms in total. The fraction of sp³-hybridized carbons (Fsp3) is 0.417. The van der Waals surface area contributed by atoms with Crippen LogP contribution in [0.15, 0.2) is 24.3 Å². The molecule has 1 aliphatic heterocycles. The minimum Gasteiger partial charge on any atom is -0.497 e. The zero-order valence-corrected chi connectivity index (χ0v) is 9.84. The molecule has 1 aromatic rings. The Balaban J connectivity index is 2.25. The maximum atomic E-state index is 11.7. The van der Waals surface area contributed by atoms with Gasteiger partial charge in [-0.05, 0) is 19.1 Å². The standard InChI is InChI=1S/C12H15NO4/c1-12(8-14)7-13(11(15)17-12)9-4-3-5-10(6-9)16-2/h3-6,14H,7-8H2,1-2H3. The summed E-state index contributed by atoms with van der Waals surface area (Å²) in [6, 6.07) is 7.16. The van der Waals surface area contributed by atoms with Crippen LogP contribution in [0.2, 0.25) is 0 Å². The predicted octanol–water partition coefficient (Wildman–Crippen LogP) is 1.40. The van der Waals surface area contributed by atoms with E-state index < -0.39 is 11.7 Å². The van der Waals surface area contributed by atoms with E-state index in [0.29, 0.717) is 18.0 Å². The molecule has 1 amide bonds. The molecule has 0 saturated carbocycles. The van der Waals surface area contributed by atoms with Crippen LogP contribution in [0.1, 0.15) is 6.92 Å². The Kier molecular flexibility index (Phi) is 2.93. The van der Waals surface area contributed by atoms with Crippen LogP contribution in [-0.2, 0) is 4.74 Å². The number of carbonyl (C=O) groups is 1. The molecule has 0 radical (unpaired) electrons. The molecule has 0 bridgehead atoms. The third-order valence-electron chi connectivity index (χ3n) is 2.75. The molecule has 1 heterocycles. The molecule has 1 atom stereocenters. The zero-order valence-electron chi connectivity index (χ0n) is 9.84. The summed E-state index contributed by atoms with van der Waals surface area (Å²) in [5.74, 6) is 0.674. The highest BCUT2D eigenvalue weighted by atomic mass is 16.6. The largest absolute Gasteiger partial charge is 0.497 e. The Labute approximate surface area is 99.6 Å². The van der Waals surface area contributed by atoms with Crippen molar-refractivity contribution in [1.82, 2.24) is 0 Å². The van der Waals surface area contributed by atoms with Gasteiger partial charge in [0.25, 0.3) is 0 Å². The van der Waals surface area contributed by atoms with Gasteiger partial charge in [0.2, 0.25) is 0 Å². The van der Waals surface area contributed by atoms with Crippen molar-refractivity contribution >= 4 is 11.8 Å². The third-order valence-corrected chi connectivity index (χ3v) is 2.75. The van der Waals surface area contributed by atoms with Crippen molar-refractivity contribution in [1.29, 1.82) is 0 Å². The number of cyclic esters (lactones) is 1. The van der Waals surface area contributed by atoms with Crippen LogP contribution < -0.4 is 9.64 Å². The summed E-state index contributed by atoms with van der Waals surface area (Å²) in [4.78, 5) is 13.2. The van der Waals surface area contributed by atoms with Crippen LogP contribution in [0, 0.1) is 0 Å². The van der Waals surface area contributed by atoms with Gasteiger partial charge in [-0.3, -0.25) is 4.90 Å². The first kappa shape index (κ1) is 11.7. The minimum atomic E-state index is -0.833. The van der Waals surface area contributed by atoms with E-state index in [2.05, 4.69) is 0 Å². The first-order chi connectivity index (χ1) is 8.08. The lowest BCUT2D eigenvalue weighted by Crippen LogP contribution is -2.34. The number of aliphatic hydroxyl groups excluding tert-OH is 1. The van der Waals surface area contributed by atoms with Crippen molar-refractivity contribution in [2.75, 3.05) is 25.2 Å². The van der Waals surface area contributed by atoms with Crippen molar-refractivity contribution < 1.29 is 19.4 Å². The third kappa shape index (κ3) is 2.19. The normalized spacial score (nSPS) is 23.7. The number of amides is 1. The van der Waals surface area contributed by atoms with E-state index in [1.165, 1.54) is 4.90 Å².